The zero-order valence-corrected chi connectivity index (χ0v) is 13.9. The van der Waals surface area contributed by atoms with Crippen LogP contribution in [0.2, 0.25) is 0 Å². The van der Waals surface area contributed by atoms with Gasteiger partial charge >= 0.3 is 0 Å². The minimum atomic E-state index is -3.66. The Kier molecular flexibility index (Phi) is 4.94. The Morgan fingerprint density at radius 2 is 1.81 bits per heavy atom. The highest BCUT2D eigenvalue weighted by Crippen LogP contribution is 2.31. The molecule has 0 amide bonds. The van der Waals surface area contributed by atoms with Gasteiger partial charge in [-0.05, 0) is 62.1 Å². The molecule has 0 spiro atoms. The van der Waals surface area contributed by atoms with Gasteiger partial charge in [0.1, 0.15) is 0 Å². The van der Waals surface area contributed by atoms with E-state index in [1.165, 1.54) is 12.8 Å². The highest BCUT2D eigenvalue weighted by molar-refractivity contribution is 7.89. The molecule has 1 aliphatic rings. The van der Waals surface area contributed by atoms with Crippen LogP contribution in [0.1, 0.15) is 45.1 Å². The van der Waals surface area contributed by atoms with E-state index in [2.05, 4.69) is 19.2 Å². The predicted molar refractivity (Wildman–Crippen MR) is 86.8 cm³/mol. The maximum Gasteiger partial charge on any atom is 0.238 e. The molecule has 4 nitrogen and oxygen atoms in total. The summed E-state index contributed by atoms with van der Waals surface area (Å²) >= 11 is 0. The van der Waals surface area contributed by atoms with Crippen molar-refractivity contribution in [1.82, 2.24) is 0 Å². The lowest BCUT2D eigenvalue weighted by molar-refractivity contribution is 0.267. The SMILES string of the molecule is Cc1ccc(NC2CCC(C(C)C)CC2)cc1S(N)(=O)=O. The summed E-state index contributed by atoms with van der Waals surface area (Å²) in [6.45, 7) is 6.34. The summed E-state index contributed by atoms with van der Waals surface area (Å²) in [7, 11) is -3.66. The summed E-state index contributed by atoms with van der Waals surface area (Å²) in [5.41, 5.74) is 1.53. The fraction of sp³-hybridized carbons (Fsp3) is 0.625. The van der Waals surface area contributed by atoms with Crippen molar-refractivity contribution < 1.29 is 8.42 Å². The number of nitrogens with two attached hydrogens (primary N) is 1. The highest BCUT2D eigenvalue weighted by atomic mass is 32.2. The van der Waals surface area contributed by atoms with E-state index in [0.29, 0.717) is 11.6 Å². The van der Waals surface area contributed by atoms with Gasteiger partial charge in [0.25, 0.3) is 0 Å². The maximum atomic E-state index is 11.6. The van der Waals surface area contributed by atoms with Crippen molar-refractivity contribution >= 4 is 15.7 Å². The number of rotatable bonds is 4. The maximum absolute atomic E-state index is 11.6. The van der Waals surface area contributed by atoms with Crippen LogP contribution >= 0.6 is 0 Å². The zero-order chi connectivity index (χ0) is 15.6. The van der Waals surface area contributed by atoms with Crippen molar-refractivity contribution in [3.8, 4) is 0 Å². The molecule has 1 fully saturated rings. The Morgan fingerprint density at radius 1 is 1.19 bits per heavy atom. The van der Waals surface area contributed by atoms with E-state index < -0.39 is 10.0 Å². The third-order valence-electron chi connectivity index (χ3n) is 4.58. The Morgan fingerprint density at radius 3 is 2.33 bits per heavy atom. The lowest BCUT2D eigenvalue weighted by Gasteiger charge is -2.32. The molecule has 0 unspecified atom stereocenters. The van der Waals surface area contributed by atoms with Gasteiger partial charge in [-0.3, -0.25) is 0 Å². The van der Waals surface area contributed by atoms with Gasteiger partial charge in [-0.25, -0.2) is 13.6 Å². The van der Waals surface area contributed by atoms with Crippen LogP contribution in [0.5, 0.6) is 0 Å². The molecule has 0 radical (unpaired) electrons. The number of hydrogen-bond donors (Lipinski definition) is 2. The van der Waals surface area contributed by atoms with Crippen LogP contribution in [0.4, 0.5) is 5.69 Å². The van der Waals surface area contributed by atoms with Gasteiger partial charge < -0.3 is 5.32 Å². The molecule has 0 saturated heterocycles. The van der Waals surface area contributed by atoms with E-state index in [1.807, 2.05) is 12.1 Å². The number of primary sulfonamides is 1. The molecule has 0 heterocycles. The Hall–Kier alpha value is -1.07. The van der Waals surface area contributed by atoms with Crippen LogP contribution in [0, 0.1) is 18.8 Å². The van der Waals surface area contributed by atoms with Gasteiger partial charge in [0.05, 0.1) is 4.90 Å². The predicted octanol–water partition coefficient (Wildman–Crippen LogP) is 3.27. The molecule has 5 heteroatoms. The van der Waals surface area contributed by atoms with Crippen molar-refractivity contribution in [3.05, 3.63) is 23.8 Å². The number of sulfonamides is 1. The first-order valence-corrected chi connectivity index (χ1v) is 9.22. The van der Waals surface area contributed by atoms with Crippen LogP contribution in [0.15, 0.2) is 23.1 Å². The number of aryl methyl sites for hydroxylation is 1. The molecule has 118 valence electrons. The average molecular weight is 310 g/mol. The molecule has 1 saturated carbocycles. The number of nitrogens with one attached hydrogen (secondary N) is 1. The van der Waals surface area contributed by atoms with E-state index in [0.717, 1.165) is 30.4 Å². The first-order valence-electron chi connectivity index (χ1n) is 7.67. The van der Waals surface area contributed by atoms with Gasteiger partial charge in [0, 0.05) is 11.7 Å². The van der Waals surface area contributed by atoms with E-state index >= 15 is 0 Å². The van der Waals surface area contributed by atoms with Crippen LogP contribution in [-0.4, -0.2) is 14.5 Å². The molecule has 3 N–H and O–H groups in total. The second-order valence-electron chi connectivity index (χ2n) is 6.53. The summed E-state index contributed by atoms with van der Waals surface area (Å²) in [6, 6.07) is 5.82. The van der Waals surface area contributed by atoms with Gasteiger partial charge in [-0.15, -0.1) is 0 Å². The minimum absolute atomic E-state index is 0.211. The molecule has 21 heavy (non-hydrogen) atoms. The van der Waals surface area contributed by atoms with Gasteiger partial charge in [0.2, 0.25) is 10.0 Å². The summed E-state index contributed by atoms with van der Waals surface area (Å²) in [5.74, 6) is 1.57. The van der Waals surface area contributed by atoms with E-state index in [4.69, 9.17) is 5.14 Å². The van der Waals surface area contributed by atoms with Crippen molar-refractivity contribution in [3.63, 3.8) is 0 Å². The standard InChI is InChI=1S/C16H26N2O2S/c1-11(2)13-5-8-14(9-6-13)18-15-7-4-12(3)16(10-15)21(17,19)20/h4,7,10-11,13-14,18H,5-6,8-9H2,1-3H3,(H2,17,19,20). The van der Waals surface area contributed by atoms with Crippen molar-refractivity contribution in [2.75, 3.05) is 5.32 Å². The molecule has 0 aromatic heterocycles. The van der Waals surface area contributed by atoms with Crippen molar-refractivity contribution in [1.29, 1.82) is 0 Å². The van der Waals surface area contributed by atoms with E-state index in [1.54, 1.807) is 13.0 Å². The monoisotopic (exact) mass is 310 g/mol. The van der Waals surface area contributed by atoms with Gasteiger partial charge in [-0.1, -0.05) is 19.9 Å². The molecule has 2 rings (SSSR count). The molecule has 1 aliphatic carbocycles. The fourth-order valence-corrected chi connectivity index (χ4v) is 3.97. The minimum Gasteiger partial charge on any atom is -0.382 e. The van der Waals surface area contributed by atoms with Crippen LogP contribution in [0.3, 0.4) is 0 Å². The molecule has 1 aromatic carbocycles. The first-order chi connectivity index (χ1) is 9.77. The van der Waals surface area contributed by atoms with Crippen LogP contribution < -0.4 is 10.5 Å². The third-order valence-corrected chi connectivity index (χ3v) is 5.63. The van der Waals surface area contributed by atoms with E-state index in [9.17, 15) is 8.42 Å². The number of benzene rings is 1. The molecular formula is C16H26N2O2S. The number of hydrogen-bond acceptors (Lipinski definition) is 3. The third kappa shape index (κ3) is 4.20. The summed E-state index contributed by atoms with van der Waals surface area (Å²) < 4.78 is 23.1. The largest absolute Gasteiger partial charge is 0.382 e. The van der Waals surface area contributed by atoms with Crippen molar-refractivity contribution in [2.45, 2.75) is 57.4 Å². The zero-order valence-electron chi connectivity index (χ0n) is 13.1. The molecule has 1 aromatic rings. The quantitative estimate of drug-likeness (QED) is 0.896. The Bertz CT molecular complexity index is 588. The molecule has 0 bridgehead atoms. The first kappa shape index (κ1) is 16.3. The Labute approximate surface area is 128 Å². The fourth-order valence-electron chi connectivity index (χ4n) is 3.16. The lowest BCUT2D eigenvalue weighted by atomic mass is 9.79. The van der Waals surface area contributed by atoms with E-state index in [-0.39, 0.29) is 4.90 Å². The van der Waals surface area contributed by atoms with Crippen molar-refractivity contribution in [2.24, 2.45) is 17.0 Å². The average Bonchev–Trinajstić information content (AvgIpc) is 2.40. The summed E-state index contributed by atoms with van der Waals surface area (Å²) in [4.78, 5) is 0.211. The Balaban J connectivity index is 2.05. The van der Waals surface area contributed by atoms with Gasteiger partial charge in [-0.2, -0.15) is 0 Å². The van der Waals surface area contributed by atoms with Crippen LogP contribution in [-0.2, 0) is 10.0 Å². The number of anilines is 1. The van der Waals surface area contributed by atoms with Crippen LogP contribution in [0.25, 0.3) is 0 Å². The summed E-state index contributed by atoms with van der Waals surface area (Å²) in [6.07, 6.45) is 4.76. The highest BCUT2D eigenvalue weighted by Gasteiger charge is 2.23. The lowest BCUT2D eigenvalue weighted by Crippen LogP contribution is -2.28. The second-order valence-corrected chi connectivity index (χ2v) is 8.06. The smallest absolute Gasteiger partial charge is 0.238 e. The van der Waals surface area contributed by atoms with Gasteiger partial charge in [0.15, 0.2) is 0 Å². The normalized spacial score (nSPS) is 23.3. The molecule has 0 atom stereocenters. The topological polar surface area (TPSA) is 72.2 Å². The second kappa shape index (κ2) is 6.36. The summed E-state index contributed by atoms with van der Waals surface area (Å²) in [5, 5.41) is 8.72. The molecular weight excluding hydrogens is 284 g/mol. The molecule has 0 aliphatic heterocycles.